The number of carbonyl (C=O) groups excluding carboxylic acids is 1. The lowest BCUT2D eigenvalue weighted by Gasteiger charge is -2.34. The van der Waals surface area contributed by atoms with E-state index in [4.69, 9.17) is 20.9 Å². The van der Waals surface area contributed by atoms with Crippen molar-refractivity contribution in [1.29, 1.82) is 0 Å². The topological polar surface area (TPSA) is 84.6 Å². The van der Waals surface area contributed by atoms with Crippen LogP contribution in [0.4, 0.5) is 0 Å². The first-order valence-corrected chi connectivity index (χ1v) is 10.5. The first-order chi connectivity index (χ1) is 15.0. The quantitative estimate of drug-likeness (QED) is 0.543. The van der Waals surface area contributed by atoms with Gasteiger partial charge in [0.1, 0.15) is 11.8 Å². The lowest BCUT2D eigenvalue weighted by molar-refractivity contribution is 0.0628. The number of hydrogen-bond acceptors (Lipinski definition) is 7. The Morgan fingerprint density at radius 1 is 1.10 bits per heavy atom. The largest absolute Gasteiger partial charge is 0.375 e. The second-order valence-corrected chi connectivity index (χ2v) is 7.86. The van der Waals surface area contributed by atoms with Crippen molar-refractivity contribution in [3.63, 3.8) is 0 Å². The van der Waals surface area contributed by atoms with Crippen LogP contribution in [-0.2, 0) is 17.9 Å². The highest BCUT2D eigenvalue weighted by Crippen LogP contribution is 2.20. The minimum atomic E-state index is -0.0607. The Morgan fingerprint density at radius 2 is 1.84 bits per heavy atom. The van der Waals surface area contributed by atoms with E-state index in [9.17, 15) is 4.79 Å². The van der Waals surface area contributed by atoms with Crippen molar-refractivity contribution in [2.24, 2.45) is 0 Å². The first-order valence-electron chi connectivity index (χ1n) is 10.1. The number of hydrogen-bond donors (Lipinski definition) is 0. The minimum absolute atomic E-state index is 0.0607. The van der Waals surface area contributed by atoms with Gasteiger partial charge >= 0.3 is 0 Å². The Labute approximate surface area is 185 Å². The second-order valence-electron chi connectivity index (χ2n) is 7.50. The first kappa shape index (κ1) is 21.4. The molecule has 1 amide bonds. The van der Waals surface area contributed by atoms with Gasteiger partial charge in [-0.05, 0) is 24.6 Å². The number of carbonyl (C=O) groups is 1. The zero-order valence-electron chi connectivity index (χ0n) is 17.5. The maximum atomic E-state index is 12.8. The van der Waals surface area contributed by atoms with Gasteiger partial charge in [0, 0.05) is 51.1 Å². The van der Waals surface area contributed by atoms with E-state index >= 15 is 0 Å². The minimum Gasteiger partial charge on any atom is -0.375 e. The van der Waals surface area contributed by atoms with E-state index in [0.29, 0.717) is 37.0 Å². The number of piperazine rings is 1. The number of rotatable bonds is 6. The highest BCUT2D eigenvalue weighted by molar-refractivity contribution is 6.32. The molecule has 0 aliphatic carbocycles. The van der Waals surface area contributed by atoms with E-state index in [1.807, 2.05) is 30.0 Å². The molecular weight excluding hydrogens is 418 g/mol. The van der Waals surface area contributed by atoms with Crippen LogP contribution in [0.25, 0.3) is 11.4 Å². The van der Waals surface area contributed by atoms with Crippen molar-refractivity contribution in [2.45, 2.75) is 20.1 Å². The molecule has 162 valence electrons. The SMILES string of the molecule is COCc1nc(-c2ccc(CN3CCN(C(=O)c4ccc(C)nc4Cl)CC3)cc2)no1. The maximum Gasteiger partial charge on any atom is 0.257 e. The summed E-state index contributed by atoms with van der Waals surface area (Å²) in [5.41, 5.74) is 3.35. The summed E-state index contributed by atoms with van der Waals surface area (Å²) >= 11 is 6.16. The molecule has 1 fully saturated rings. The van der Waals surface area contributed by atoms with Crippen molar-refractivity contribution < 1.29 is 14.1 Å². The Bertz CT molecular complexity index is 1050. The van der Waals surface area contributed by atoms with Gasteiger partial charge in [0.2, 0.25) is 5.82 Å². The maximum absolute atomic E-state index is 12.8. The molecule has 1 aliphatic heterocycles. The third-order valence-corrected chi connectivity index (χ3v) is 5.52. The monoisotopic (exact) mass is 441 g/mol. The molecule has 3 aromatic rings. The van der Waals surface area contributed by atoms with Crippen LogP contribution in [0.2, 0.25) is 5.15 Å². The second kappa shape index (κ2) is 9.55. The van der Waals surface area contributed by atoms with Gasteiger partial charge in [-0.3, -0.25) is 9.69 Å². The van der Waals surface area contributed by atoms with Crippen LogP contribution in [-0.4, -0.2) is 64.1 Å². The molecule has 0 N–H and O–H groups in total. The molecule has 1 saturated heterocycles. The number of aryl methyl sites for hydroxylation is 1. The predicted octanol–water partition coefficient (Wildman–Crippen LogP) is 3.20. The molecule has 8 nitrogen and oxygen atoms in total. The molecule has 0 atom stereocenters. The Balaban J connectivity index is 1.32. The van der Waals surface area contributed by atoms with Crippen LogP contribution < -0.4 is 0 Å². The van der Waals surface area contributed by atoms with Gasteiger partial charge in [0.25, 0.3) is 11.8 Å². The van der Waals surface area contributed by atoms with E-state index < -0.39 is 0 Å². The van der Waals surface area contributed by atoms with Crippen LogP contribution in [0, 0.1) is 6.92 Å². The molecule has 0 radical (unpaired) electrons. The third-order valence-electron chi connectivity index (χ3n) is 5.23. The zero-order valence-corrected chi connectivity index (χ0v) is 18.3. The lowest BCUT2D eigenvalue weighted by atomic mass is 10.1. The van der Waals surface area contributed by atoms with Crippen LogP contribution in [0.3, 0.4) is 0 Å². The number of amides is 1. The molecule has 9 heteroatoms. The summed E-state index contributed by atoms with van der Waals surface area (Å²) in [6.45, 7) is 5.89. The molecule has 3 heterocycles. The van der Waals surface area contributed by atoms with Crippen LogP contribution in [0.15, 0.2) is 40.9 Å². The fraction of sp³-hybridized carbons (Fsp3) is 0.364. The van der Waals surface area contributed by atoms with Gasteiger partial charge in [-0.15, -0.1) is 0 Å². The van der Waals surface area contributed by atoms with Crippen molar-refractivity contribution in [2.75, 3.05) is 33.3 Å². The number of nitrogens with zero attached hydrogens (tertiary/aromatic N) is 5. The van der Waals surface area contributed by atoms with Crippen molar-refractivity contribution in [3.8, 4) is 11.4 Å². The molecule has 0 bridgehead atoms. The summed E-state index contributed by atoms with van der Waals surface area (Å²) < 4.78 is 10.1. The Hall–Kier alpha value is -2.81. The van der Waals surface area contributed by atoms with E-state index in [-0.39, 0.29) is 11.1 Å². The van der Waals surface area contributed by atoms with Gasteiger partial charge < -0.3 is 14.2 Å². The summed E-state index contributed by atoms with van der Waals surface area (Å²) in [5, 5.41) is 4.25. The Morgan fingerprint density at radius 3 is 2.52 bits per heavy atom. The Kier molecular flexibility index (Phi) is 6.60. The van der Waals surface area contributed by atoms with E-state index in [2.05, 4.69) is 32.2 Å². The molecule has 4 rings (SSSR count). The van der Waals surface area contributed by atoms with Crippen molar-refractivity contribution in [1.82, 2.24) is 24.9 Å². The lowest BCUT2D eigenvalue weighted by Crippen LogP contribution is -2.48. The normalized spacial score (nSPS) is 14.7. The van der Waals surface area contributed by atoms with Crippen molar-refractivity contribution in [3.05, 3.63) is 64.3 Å². The molecule has 1 aromatic carbocycles. The van der Waals surface area contributed by atoms with Gasteiger partial charge in [0.15, 0.2) is 0 Å². The number of halogens is 1. The molecule has 1 aliphatic rings. The number of aromatic nitrogens is 3. The van der Waals surface area contributed by atoms with Gasteiger partial charge in [-0.2, -0.15) is 4.98 Å². The van der Waals surface area contributed by atoms with Crippen LogP contribution in [0.5, 0.6) is 0 Å². The highest BCUT2D eigenvalue weighted by Gasteiger charge is 2.24. The summed E-state index contributed by atoms with van der Waals surface area (Å²) in [7, 11) is 1.59. The van der Waals surface area contributed by atoms with E-state index in [1.165, 1.54) is 5.56 Å². The fourth-order valence-electron chi connectivity index (χ4n) is 3.54. The smallest absolute Gasteiger partial charge is 0.257 e. The summed E-state index contributed by atoms with van der Waals surface area (Å²) in [5.74, 6) is 0.946. The van der Waals surface area contributed by atoms with Crippen LogP contribution in [0.1, 0.15) is 27.5 Å². The van der Waals surface area contributed by atoms with Gasteiger partial charge in [-0.1, -0.05) is 41.0 Å². The summed E-state index contributed by atoms with van der Waals surface area (Å²) in [6, 6.07) is 11.7. The number of benzene rings is 1. The van der Waals surface area contributed by atoms with Crippen LogP contribution >= 0.6 is 11.6 Å². The molecule has 0 spiro atoms. The molecular formula is C22H24ClN5O3. The number of pyridine rings is 1. The molecule has 0 unspecified atom stereocenters. The predicted molar refractivity (Wildman–Crippen MR) is 116 cm³/mol. The van der Waals surface area contributed by atoms with Crippen molar-refractivity contribution >= 4 is 17.5 Å². The average molecular weight is 442 g/mol. The summed E-state index contributed by atoms with van der Waals surface area (Å²) in [6.07, 6.45) is 0. The van der Waals surface area contributed by atoms with Gasteiger partial charge in [-0.25, -0.2) is 4.98 Å². The fourth-order valence-corrected chi connectivity index (χ4v) is 3.81. The van der Waals surface area contributed by atoms with E-state index in [0.717, 1.165) is 30.9 Å². The molecule has 0 saturated carbocycles. The van der Waals surface area contributed by atoms with E-state index in [1.54, 1.807) is 13.2 Å². The highest BCUT2D eigenvalue weighted by atomic mass is 35.5. The summed E-state index contributed by atoms with van der Waals surface area (Å²) in [4.78, 5) is 25.4. The standard InChI is InChI=1S/C22H24ClN5O3/c1-15-3-8-18(20(23)24-15)22(29)28-11-9-27(10-12-28)13-16-4-6-17(7-5-16)21-25-19(14-30-2)31-26-21/h3-8H,9-14H2,1-2H3. The average Bonchev–Trinajstić information content (AvgIpc) is 3.23. The zero-order chi connectivity index (χ0) is 21.8. The number of methoxy groups -OCH3 is 1. The molecule has 2 aromatic heterocycles. The number of ether oxygens (including phenoxy) is 1. The van der Waals surface area contributed by atoms with Gasteiger partial charge in [0.05, 0.1) is 5.56 Å². The third kappa shape index (κ3) is 5.10. The molecule has 31 heavy (non-hydrogen) atoms.